The molecule has 0 amide bonds. The first-order valence-electron chi connectivity index (χ1n) is 6.69. The summed E-state index contributed by atoms with van der Waals surface area (Å²) >= 11 is 4.46. The van der Waals surface area contributed by atoms with Gasteiger partial charge in [-0.2, -0.15) is 5.10 Å². The van der Waals surface area contributed by atoms with Crippen molar-refractivity contribution in [3.8, 4) is 0 Å². The van der Waals surface area contributed by atoms with Gasteiger partial charge < -0.3 is 0 Å². The SMILES string of the molecule is O=S(=O)(NCc1ccccc1Cn1cncn1)c1ccc(Br)s1. The number of aromatic nitrogens is 3. The van der Waals surface area contributed by atoms with Crippen molar-refractivity contribution >= 4 is 37.3 Å². The molecule has 0 saturated heterocycles. The molecule has 0 spiro atoms. The molecule has 0 aliphatic heterocycles. The molecule has 0 saturated carbocycles. The van der Waals surface area contributed by atoms with Crippen LogP contribution in [0, 0.1) is 0 Å². The van der Waals surface area contributed by atoms with Crippen molar-refractivity contribution in [2.45, 2.75) is 17.3 Å². The zero-order valence-corrected chi connectivity index (χ0v) is 15.1. The molecule has 0 bridgehead atoms. The van der Waals surface area contributed by atoms with Crippen molar-refractivity contribution in [1.82, 2.24) is 19.5 Å². The molecule has 3 aromatic rings. The van der Waals surface area contributed by atoms with Crippen LogP contribution in [0.15, 0.2) is 57.0 Å². The maximum atomic E-state index is 12.3. The summed E-state index contributed by atoms with van der Waals surface area (Å²) in [5.74, 6) is 0. The Hall–Kier alpha value is -1.55. The number of hydrogen-bond donors (Lipinski definition) is 1. The van der Waals surface area contributed by atoms with E-state index < -0.39 is 10.0 Å². The molecule has 23 heavy (non-hydrogen) atoms. The summed E-state index contributed by atoms with van der Waals surface area (Å²) in [5.41, 5.74) is 1.90. The van der Waals surface area contributed by atoms with E-state index in [1.807, 2.05) is 24.3 Å². The number of hydrogen-bond acceptors (Lipinski definition) is 5. The molecule has 1 aromatic carbocycles. The molecule has 2 heterocycles. The van der Waals surface area contributed by atoms with Gasteiger partial charge in [0.1, 0.15) is 16.9 Å². The summed E-state index contributed by atoms with van der Waals surface area (Å²) in [4.78, 5) is 3.91. The van der Waals surface area contributed by atoms with Gasteiger partial charge in [0.15, 0.2) is 0 Å². The van der Waals surface area contributed by atoms with Crippen molar-refractivity contribution in [1.29, 1.82) is 0 Å². The predicted octanol–water partition coefficient (Wildman–Crippen LogP) is 2.63. The lowest BCUT2D eigenvalue weighted by molar-refractivity contribution is 0.582. The van der Waals surface area contributed by atoms with Gasteiger partial charge in [0.05, 0.1) is 10.3 Å². The Kier molecular flexibility index (Phi) is 4.90. The quantitative estimate of drug-likeness (QED) is 0.674. The maximum Gasteiger partial charge on any atom is 0.250 e. The Balaban J connectivity index is 1.76. The number of sulfonamides is 1. The molecule has 0 atom stereocenters. The third-order valence-corrected chi connectivity index (χ3v) is 6.70. The first-order valence-corrected chi connectivity index (χ1v) is 9.78. The lowest BCUT2D eigenvalue weighted by Gasteiger charge is -2.10. The van der Waals surface area contributed by atoms with E-state index in [1.54, 1.807) is 23.1 Å². The highest BCUT2D eigenvalue weighted by molar-refractivity contribution is 9.11. The van der Waals surface area contributed by atoms with Crippen LogP contribution in [-0.4, -0.2) is 23.2 Å². The van der Waals surface area contributed by atoms with Crippen LogP contribution in [0.4, 0.5) is 0 Å². The van der Waals surface area contributed by atoms with Gasteiger partial charge in [-0.15, -0.1) is 11.3 Å². The van der Waals surface area contributed by atoms with Crippen molar-refractivity contribution in [3.63, 3.8) is 0 Å². The molecule has 9 heteroatoms. The second-order valence-corrected chi connectivity index (χ2v) is 9.20. The molecule has 0 radical (unpaired) electrons. The van der Waals surface area contributed by atoms with Crippen LogP contribution in [0.1, 0.15) is 11.1 Å². The highest BCUT2D eigenvalue weighted by atomic mass is 79.9. The van der Waals surface area contributed by atoms with Crippen molar-refractivity contribution in [2.24, 2.45) is 0 Å². The summed E-state index contributed by atoms with van der Waals surface area (Å²) in [7, 11) is -3.51. The van der Waals surface area contributed by atoms with Crippen LogP contribution in [0.25, 0.3) is 0 Å². The number of nitrogens with zero attached hydrogens (tertiary/aromatic N) is 3. The number of halogens is 1. The third-order valence-electron chi connectivity index (χ3n) is 3.18. The first-order chi connectivity index (χ1) is 11.0. The average molecular weight is 413 g/mol. The molecule has 6 nitrogen and oxygen atoms in total. The zero-order valence-electron chi connectivity index (χ0n) is 11.9. The second-order valence-electron chi connectivity index (χ2n) is 4.74. The van der Waals surface area contributed by atoms with Crippen LogP contribution < -0.4 is 4.72 Å². The number of benzene rings is 1. The summed E-state index contributed by atoms with van der Waals surface area (Å²) in [6.07, 6.45) is 3.10. The summed E-state index contributed by atoms with van der Waals surface area (Å²) in [6.45, 7) is 0.769. The first kappa shape index (κ1) is 16.3. The van der Waals surface area contributed by atoms with Gasteiger partial charge in [0.2, 0.25) is 10.0 Å². The molecule has 0 aliphatic carbocycles. The predicted molar refractivity (Wildman–Crippen MR) is 91.6 cm³/mol. The third kappa shape index (κ3) is 4.05. The topological polar surface area (TPSA) is 76.9 Å². The minimum absolute atomic E-state index is 0.225. The van der Waals surface area contributed by atoms with Crippen LogP contribution in [0.3, 0.4) is 0 Å². The second kappa shape index (κ2) is 6.91. The lowest BCUT2D eigenvalue weighted by Crippen LogP contribution is -2.23. The summed E-state index contributed by atoms with van der Waals surface area (Å²) in [5, 5.41) is 4.08. The monoisotopic (exact) mass is 412 g/mol. The Morgan fingerprint density at radius 3 is 2.61 bits per heavy atom. The Morgan fingerprint density at radius 2 is 1.96 bits per heavy atom. The van der Waals surface area contributed by atoms with Gasteiger partial charge >= 0.3 is 0 Å². The molecule has 1 N–H and O–H groups in total. The van der Waals surface area contributed by atoms with E-state index >= 15 is 0 Å². The van der Waals surface area contributed by atoms with Gasteiger partial charge in [-0.3, -0.25) is 0 Å². The van der Waals surface area contributed by atoms with Gasteiger partial charge in [-0.1, -0.05) is 24.3 Å². The Labute approximate surface area is 146 Å². The molecule has 0 aliphatic rings. The van der Waals surface area contributed by atoms with Crippen LogP contribution >= 0.6 is 27.3 Å². The normalized spacial score (nSPS) is 11.7. The molecule has 0 fully saturated rings. The Morgan fingerprint density at radius 1 is 1.17 bits per heavy atom. The van der Waals surface area contributed by atoms with E-state index in [4.69, 9.17) is 0 Å². The van der Waals surface area contributed by atoms with E-state index in [0.29, 0.717) is 6.54 Å². The maximum absolute atomic E-state index is 12.3. The van der Waals surface area contributed by atoms with E-state index in [2.05, 4.69) is 30.7 Å². The standard InChI is InChI=1S/C14H13BrN4O2S2/c15-13-5-6-14(22-13)23(20,21)18-7-11-3-1-2-4-12(11)8-19-10-16-9-17-19/h1-6,9-10,18H,7-8H2. The van der Waals surface area contributed by atoms with Gasteiger partial charge in [0, 0.05) is 6.54 Å². The number of thiophene rings is 1. The highest BCUT2D eigenvalue weighted by Gasteiger charge is 2.16. The van der Waals surface area contributed by atoms with E-state index in [1.165, 1.54) is 17.7 Å². The largest absolute Gasteiger partial charge is 0.250 e. The molecule has 2 aromatic heterocycles. The zero-order chi connectivity index (χ0) is 16.3. The smallest absolute Gasteiger partial charge is 0.249 e. The van der Waals surface area contributed by atoms with E-state index in [-0.39, 0.29) is 10.8 Å². The van der Waals surface area contributed by atoms with Gasteiger partial charge in [0.25, 0.3) is 0 Å². The van der Waals surface area contributed by atoms with Gasteiger partial charge in [-0.25, -0.2) is 22.8 Å². The Bertz CT molecular complexity index is 891. The number of nitrogens with one attached hydrogen (secondary N) is 1. The molecule has 3 rings (SSSR count). The van der Waals surface area contributed by atoms with E-state index in [9.17, 15) is 8.42 Å². The fourth-order valence-electron chi connectivity index (χ4n) is 2.06. The van der Waals surface area contributed by atoms with Crippen LogP contribution in [0.5, 0.6) is 0 Å². The fraction of sp³-hybridized carbons (Fsp3) is 0.143. The average Bonchev–Trinajstić information content (AvgIpc) is 3.18. The minimum Gasteiger partial charge on any atom is -0.249 e. The fourth-order valence-corrected chi connectivity index (χ4v) is 5.12. The van der Waals surface area contributed by atoms with Crippen molar-refractivity contribution in [3.05, 3.63) is 64.0 Å². The molecular formula is C14H13BrN4O2S2. The summed E-state index contributed by atoms with van der Waals surface area (Å²) in [6, 6.07) is 11.0. The van der Waals surface area contributed by atoms with Crippen LogP contribution in [0.2, 0.25) is 0 Å². The highest BCUT2D eigenvalue weighted by Crippen LogP contribution is 2.26. The number of rotatable bonds is 6. The van der Waals surface area contributed by atoms with Gasteiger partial charge in [-0.05, 0) is 39.2 Å². The lowest BCUT2D eigenvalue weighted by atomic mass is 10.1. The molecule has 120 valence electrons. The van der Waals surface area contributed by atoms with Crippen molar-refractivity contribution in [2.75, 3.05) is 0 Å². The van der Waals surface area contributed by atoms with E-state index in [0.717, 1.165) is 14.9 Å². The van der Waals surface area contributed by atoms with Crippen LogP contribution in [-0.2, 0) is 23.1 Å². The molecule has 0 unspecified atom stereocenters. The molecular weight excluding hydrogens is 400 g/mol. The summed E-state index contributed by atoms with van der Waals surface area (Å²) < 4.78 is 30.0. The van der Waals surface area contributed by atoms with Crippen molar-refractivity contribution < 1.29 is 8.42 Å². The minimum atomic E-state index is -3.51.